The number of rotatable bonds is 3. The highest BCUT2D eigenvalue weighted by atomic mass is 28.4. The fraction of sp³-hybridized carbons (Fsp3) is 0.400. The number of halogens is 5. The Morgan fingerprint density at radius 3 is 1.94 bits per heavy atom. The van der Waals surface area contributed by atoms with E-state index in [0.717, 1.165) is 12.1 Å². The van der Waals surface area contributed by atoms with E-state index >= 15 is 0 Å². The summed E-state index contributed by atoms with van der Waals surface area (Å²) in [5.74, 6) is 0. The summed E-state index contributed by atoms with van der Waals surface area (Å²) in [4.78, 5) is 0. The highest BCUT2D eigenvalue weighted by Crippen LogP contribution is 2.28. The molecule has 1 rings (SSSR count). The van der Waals surface area contributed by atoms with E-state index in [1.807, 2.05) is 0 Å². The van der Waals surface area contributed by atoms with Gasteiger partial charge in [0, 0.05) is 11.2 Å². The average molecular weight is 254 g/mol. The van der Waals surface area contributed by atoms with E-state index in [2.05, 4.69) is 0 Å². The molecule has 0 fully saturated rings. The Morgan fingerprint density at radius 2 is 1.56 bits per heavy atom. The Labute approximate surface area is 91.4 Å². The summed E-state index contributed by atoms with van der Waals surface area (Å²) in [7, 11) is -4.53. The molecule has 0 unspecified atom stereocenters. The van der Waals surface area contributed by atoms with Crippen LogP contribution in [0.3, 0.4) is 0 Å². The van der Waals surface area contributed by atoms with Crippen molar-refractivity contribution in [1.82, 2.24) is 0 Å². The number of alkyl halides is 3. The van der Waals surface area contributed by atoms with E-state index in [0.29, 0.717) is 18.6 Å². The quantitative estimate of drug-likeness (QED) is 0.438. The number of hydrogen-bond acceptors (Lipinski definition) is 0. The molecule has 0 aromatic heterocycles. The topological polar surface area (TPSA) is 0 Å². The van der Waals surface area contributed by atoms with E-state index in [1.54, 1.807) is 6.92 Å². The minimum Gasteiger partial charge on any atom is -0.265 e. The van der Waals surface area contributed by atoms with Gasteiger partial charge in [-0.3, -0.25) is 8.22 Å². The molecule has 0 saturated heterocycles. The van der Waals surface area contributed by atoms with Crippen LogP contribution in [0.4, 0.5) is 21.4 Å². The molecule has 0 aliphatic rings. The van der Waals surface area contributed by atoms with Gasteiger partial charge < -0.3 is 0 Å². The summed E-state index contributed by atoms with van der Waals surface area (Å²) in [6, 6.07) is 2.99. The van der Waals surface area contributed by atoms with Gasteiger partial charge in [-0.1, -0.05) is 25.5 Å². The summed E-state index contributed by atoms with van der Waals surface area (Å²) in [5.41, 5.74) is -0.891. The third kappa shape index (κ3) is 3.04. The van der Waals surface area contributed by atoms with Gasteiger partial charge >= 0.3 is 14.9 Å². The Bertz CT molecular complexity index is 341. The van der Waals surface area contributed by atoms with Crippen molar-refractivity contribution in [3.8, 4) is 0 Å². The van der Waals surface area contributed by atoms with Crippen LogP contribution in [-0.4, -0.2) is 8.74 Å². The zero-order valence-electron chi connectivity index (χ0n) is 8.61. The molecule has 0 bridgehead atoms. The van der Waals surface area contributed by atoms with Crippen LogP contribution in [0.15, 0.2) is 24.3 Å². The van der Waals surface area contributed by atoms with Crippen LogP contribution in [0.25, 0.3) is 0 Å². The molecule has 0 amide bonds. The second-order valence-corrected chi connectivity index (χ2v) is 6.02. The number of benzene rings is 1. The van der Waals surface area contributed by atoms with E-state index in [1.165, 1.54) is 0 Å². The second-order valence-electron chi connectivity index (χ2n) is 3.53. The Balaban J connectivity index is 2.95. The number of hydrogen-bond donors (Lipinski definition) is 0. The standard InChI is InChI=1S/C10H11F5Si/c1-2-7-16(14,15)9-5-3-8(4-6-9)10(11,12)13/h3-6H,2,7H2,1H3. The van der Waals surface area contributed by atoms with Gasteiger partial charge in [-0.25, -0.2) is 0 Å². The molecule has 1 aromatic carbocycles. The van der Waals surface area contributed by atoms with E-state index in [4.69, 9.17) is 0 Å². The third-order valence-corrected chi connectivity index (χ3v) is 4.50. The van der Waals surface area contributed by atoms with Crippen molar-refractivity contribution in [2.45, 2.75) is 25.6 Å². The van der Waals surface area contributed by atoms with Crippen LogP contribution in [-0.2, 0) is 6.18 Å². The van der Waals surface area contributed by atoms with Gasteiger partial charge in [-0.05, 0) is 12.1 Å². The summed E-state index contributed by atoms with van der Waals surface area (Å²) in [6.45, 7) is 1.63. The van der Waals surface area contributed by atoms with Gasteiger partial charge in [0.05, 0.1) is 5.56 Å². The third-order valence-electron chi connectivity index (χ3n) is 2.20. The van der Waals surface area contributed by atoms with Gasteiger partial charge in [0.25, 0.3) is 0 Å². The molecule has 0 aliphatic carbocycles. The first-order chi connectivity index (χ1) is 7.27. The summed E-state index contributed by atoms with van der Waals surface area (Å²) in [6.07, 6.45) is -4.14. The maximum Gasteiger partial charge on any atom is 0.455 e. The maximum absolute atomic E-state index is 13.4. The van der Waals surface area contributed by atoms with Crippen LogP contribution in [0.5, 0.6) is 0 Å². The fourth-order valence-corrected chi connectivity index (χ4v) is 2.93. The largest absolute Gasteiger partial charge is 0.455 e. The van der Waals surface area contributed by atoms with Crippen LogP contribution < -0.4 is 5.19 Å². The van der Waals surface area contributed by atoms with Gasteiger partial charge in [0.1, 0.15) is 0 Å². The van der Waals surface area contributed by atoms with Crippen LogP contribution in [0.2, 0.25) is 6.04 Å². The van der Waals surface area contributed by atoms with Crippen LogP contribution >= 0.6 is 0 Å². The molecule has 0 N–H and O–H groups in total. The molecule has 6 heteroatoms. The normalized spacial score (nSPS) is 12.9. The Morgan fingerprint density at radius 1 is 1.06 bits per heavy atom. The molecule has 16 heavy (non-hydrogen) atoms. The molecule has 0 atom stereocenters. The van der Waals surface area contributed by atoms with Crippen molar-refractivity contribution in [3.63, 3.8) is 0 Å². The maximum atomic E-state index is 13.4. The van der Waals surface area contributed by atoms with Gasteiger partial charge in [-0.15, -0.1) is 0 Å². The summed E-state index contributed by atoms with van der Waals surface area (Å²) < 4.78 is 63.4. The first kappa shape index (κ1) is 13.2. The lowest BCUT2D eigenvalue weighted by molar-refractivity contribution is -0.137. The predicted molar refractivity (Wildman–Crippen MR) is 54.1 cm³/mol. The molecule has 0 nitrogen and oxygen atoms in total. The predicted octanol–water partition coefficient (Wildman–Crippen LogP) is 3.70. The molecule has 0 spiro atoms. The van der Waals surface area contributed by atoms with Crippen molar-refractivity contribution < 1.29 is 21.4 Å². The molecule has 1 aromatic rings. The van der Waals surface area contributed by atoms with E-state index < -0.39 is 20.5 Å². The lowest BCUT2D eigenvalue weighted by Crippen LogP contribution is -2.38. The summed E-state index contributed by atoms with van der Waals surface area (Å²) >= 11 is 0. The highest BCUT2D eigenvalue weighted by molar-refractivity contribution is 6.79. The minimum atomic E-state index is -4.53. The fourth-order valence-electron chi connectivity index (χ4n) is 1.36. The highest BCUT2D eigenvalue weighted by Gasteiger charge is 2.37. The molecular formula is C10H11F5Si. The zero-order chi connectivity index (χ0) is 12.4. The molecule has 0 radical (unpaired) electrons. The average Bonchev–Trinajstić information content (AvgIpc) is 2.16. The van der Waals surface area contributed by atoms with Crippen LogP contribution in [0, 0.1) is 0 Å². The van der Waals surface area contributed by atoms with Crippen LogP contribution in [0.1, 0.15) is 18.9 Å². The minimum absolute atomic E-state index is 0.224. The molecule has 0 heterocycles. The molecule has 90 valence electrons. The SMILES string of the molecule is CCC[Si](F)(F)c1ccc(C(F)(F)F)cc1. The molecule has 0 aliphatic heterocycles. The van der Waals surface area contributed by atoms with Gasteiger partial charge in [-0.2, -0.15) is 13.2 Å². The molecule has 0 saturated carbocycles. The van der Waals surface area contributed by atoms with Crippen molar-refractivity contribution in [2.75, 3.05) is 0 Å². The Hall–Kier alpha value is -0.913. The Kier molecular flexibility index (Phi) is 3.72. The van der Waals surface area contributed by atoms with Gasteiger partial charge in [0.2, 0.25) is 0 Å². The summed E-state index contributed by atoms with van der Waals surface area (Å²) in [5, 5.41) is -0.234. The van der Waals surface area contributed by atoms with Crippen molar-refractivity contribution in [3.05, 3.63) is 29.8 Å². The van der Waals surface area contributed by atoms with Crippen molar-refractivity contribution in [2.24, 2.45) is 0 Å². The monoisotopic (exact) mass is 254 g/mol. The first-order valence-corrected chi connectivity index (χ1v) is 6.79. The zero-order valence-corrected chi connectivity index (χ0v) is 9.61. The lowest BCUT2D eigenvalue weighted by atomic mass is 10.2. The van der Waals surface area contributed by atoms with Gasteiger partial charge in [0.15, 0.2) is 0 Å². The van der Waals surface area contributed by atoms with Crippen molar-refractivity contribution >= 4 is 13.9 Å². The first-order valence-electron chi connectivity index (χ1n) is 4.83. The molecular weight excluding hydrogens is 243 g/mol. The van der Waals surface area contributed by atoms with E-state index in [9.17, 15) is 21.4 Å². The lowest BCUT2D eigenvalue weighted by Gasteiger charge is -2.13. The van der Waals surface area contributed by atoms with Crippen molar-refractivity contribution in [1.29, 1.82) is 0 Å². The smallest absolute Gasteiger partial charge is 0.265 e. The second kappa shape index (κ2) is 4.53. The van der Waals surface area contributed by atoms with E-state index in [-0.39, 0.29) is 11.2 Å².